The van der Waals surface area contributed by atoms with Crippen molar-refractivity contribution in [1.29, 1.82) is 0 Å². The fourth-order valence-electron chi connectivity index (χ4n) is 8.98. The first kappa shape index (κ1) is 42.8. The second-order valence-corrected chi connectivity index (χ2v) is 20.9. The molecule has 3 aliphatic carbocycles. The van der Waals surface area contributed by atoms with Crippen LogP contribution in [0.4, 0.5) is 4.79 Å². The van der Waals surface area contributed by atoms with Gasteiger partial charge in [-0.3, -0.25) is 19.2 Å². The molecule has 0 spiro atoms. The van der Waals surface area contributed by atoms with Gasteiger partial charge in [0.15, 0.2) is 9.84 Å². The Morgan fingerprint density at radius 3 is 2.02 bits per heavy atom. The maximum atomic E-state index is 15.0. The van der Waals surface area contributed by atoms with Gasteiger partial charge >= 0.3 is 6.03 Å². The number of ketones is 1. The zero-order valence-electron chi connectivity index (χ0n) is 33.2. The van der Waals surface area contributed by atoms with E-state index in [4.69, 9.17) is 0 Å². The molecule has 4 rings (SSSR count). The van der Waals surface area contributed by atoms with E-state index in [1.165, 1.54) is 6.08 Å². The zero-order valence-corrected chi connectivity index (χ0v) is 34.0. The monoisotopic (exact) mass is 761 g/mol. The van der Waals surface area contributed by atoms with Gasteiger partial charge in [-0.25, -0.2) is 13.2 Å². The first-order valence-corrected chi connectivity index (χ1v) is 21.8. The van der Waals surface area contributed by atoms with E-state index < -0.39 is 67.3 Å². The van der Waals surface area contributed by atoms with Crippen LogP contribution in [0.5, 0.6) is 0 Å². The summed E-state index contributed by atoms with van der Waals surface area (Å²) in [6, 6.07) is -3.40. The van der Waals surface area contributed by atoms with Crippen molar-refractivity contribution in [2.75, 3.05) is 18.8 Å². The van der Waals surface area contributed by atoms with Crippen LogP contribution in [0, 0.1) is 23.2 Å². The number of amides is 5. The van der Waals surface area contributed by atoms with Crippen molar-refractivity contribution in [2.24, 2.45) is 23.2 Å². The van der Waals surface area contributed by atoms with Crippen molar-refractivity contribution in [3.05, 3.63) is 12.7 Å². The molecule has 12 nitrogen and oxygen atoms in total. The van der Waals surface area contributed by atoms with Crippen molar-refractivity contribution in [2.45, 2.75) is 166 Å². The summed E-state index contributed by atoms with van der Waals surface area (Å²) in [5, 5.41) is 11.6. The van der Waals surface area contributed by atoms with Crippen molar-refractivity contribution >= 4 is 39.4 Å². The van der Waals surface area contributed by atoms with E-state index in [1.54, 1.807) is 25.7 Å². The number of carbonyl (C=O) groups is 5. The van der Waals surface area contributed by atoms with Gasteiger partial charge in [0.2, 0.25) is 17.6 Å². The molecule has 0 aromatic heterocycles. The van der Waals surface area contributed by atoms with Gasteiger partial charge in [-0.1, -0.05) is 71.8 Å². The molecule has 4 atom stereocenters. The highest BCUT2D eigenvalue weighted by atomic mass is 32.2. The minimum Gasteiger partial charge on any atom is -0.346 e. The first-order valence-electron chi connectivity index (χ1n) is 20.2. The Hall–Kier alpha value is -2.96. The van der Waals surface area contributed by atoms with Crippen molar-refractivity contribution in [1.82, 2.24) is 26.2 Å². The third kappa shape index (κ3) is 10.4. The number of Topliss-reactive ketones (excluding diaryl/α,β-unsaturated/α-hetero) is 1. The van der Waals surface area contributed by atoms with E-state index in [-0.39, 0.29) is 36.0 Å². The molecule has 4 fully saturated rings. The Morgan fingerprint density at radius 2 is 1.49 bits per heavy atom. The Balaban J connectivity index is 1.63. The van der Waals surface area contributed by atoms with Crippen LogP contribution in [-0.2, 0) is 29.0 Å². The molecule has 4 aliphatic rings. The van der Waals surface area contributed by atoms with Gasteiger partial charge in [-0.2, -0.15) is 0 Å². The average molecular weight is 762 g/mol. The molecule has 53 heavy (non-hydrogen) atoms. The summed E-state index contributed by atoms with van der Waals surface area (Å²) in [4.78, 5) is 71.3. The lowest BCUT2D eigenvalue weighted by atomic mass is 9.70. The van der Waals surface area contributed by atoms with Crippen LogP contribution in [-0.4, -0.2) is 90.1 Å². The molecular formula is C40H67N5O7S. The van der Waals surface area contributed by atoms with Crippen molar-refractivity contribution in [3.63, 3.8) is 0 Å². The molecule has 0 aromatic carbocycles. The molecule has 4 N–H and O–H groups in total. The topological polar surface area (TPSA) is 171 Å². The van der Waals surface area contributed by atoms with Crippen LogP contribution in [0.25, 0.3) is 0 Å². The molecule has 0 unspecified atom stereocenters. The molecule has 1 saturated heterocycles. The Bertz CT molecular complexity index is 1460. The smallest absolute Gasteiger partial charge is 0.315 e. The number of hydrogen-bond donors (Lipinski definition) is 4. The van der Waals surface area contributed by atoms with Gasteiger partial charge in [0.05, 0.1) is 16.0 Å². The summed E-state index contributed by atoms with van der Waals surface area (Å²) in [5.74, 6) is -2.53. The number of nitrogens with zero attached hydrogens (tertiary/aromatic N) is 1. The lowest BCUT2D eigenvalue weighted by Crippen LogP contribution is -2.65. The van der Waals surface area contributed by atoms with Crippen LogP contribution in [0.1, 0.15) is 138 Å². The van der Waals surface area contributed by atoms with E-state index in [9.17, 15) is 32.4 Å². The van der Waals surface area contributed by atoms with E-state index in [2.05, 4.69) is 41.7 Å². The van der Waals surface area contributed by atoms with Crippen LogP contribution >= 0.6 is 0 Å². The minimum absolute atomic E-state index is 0.130. The van der Waals surface area contributed by atoms with Gasteiger partial charge in [0, 0.05) is 13.1 Å². The van der Waals surface area contributed by atoms with E-state index in [0.717, 1.165) is 44.9 Å². The lowest BCUT2D eigenvalue weighted by molar-refractivity contribution is -0.146. The summed E-state index contributed by atoms with van der Waals surface area (Å²) in [6.45, 7) is 15.2. The van der Waals surface area contributed by atoms with Crippen LogP contribution < -0.4 is 21.3 Å². The maximum Gasteiger partial charge on any atom is 0.315 e. The molecule has 5 amide bonds. The Labute approximate surface area is 318 Å². The van der Waals surface area contributed by atoms with Gasteiger partial charge in [-0.15, -0.1) is 6.58 Å². The quantitative estimate of drug-likeness (QED) is 0.135. The summed E-state index contributed by atoms with van der Waals surface area (Å²) in [7, 11) is -3.57. The lowest BCUT2D eigenvalue weighted by Gasteiger charge is -2.44. The average Bonchev–Trinajstić information content (AvgIpc) is 3.47. The summed E-state index contributed by atoms with van der Waals surface area (Å²) in [6.07, 6.45) is 13.0. The Kier molecular flexibility index (Phi) is 14.3. The largest absolute Gasteiger partial charge is 0.346 e. The molecule has 0 bridgehead atoms. The van der Waals surface area contributed by atoms with Crippen LogP contribution in [0.2, 0.25) is 0 Å². The zero-order chi connectivity index (χ0) is 39.2. The third-order valence-corrected chi connectivity index (χ3v) is 15.3. The number of urea groups is 1. The number of hydrogen-bond acceptors (Lipinski definition) is 7. The van der Waals surface area contributed by atoms with Gasteiger partial charge < -0.3 is 26.2 Å². The Morgan fingerprint density at radius 1 is 0.887 bits per heavy atom. The molecular weight excluding hydrogens is 695 g/mol. The second-order valence-electron chi connectivity index (χ2n) is 18.2. The number of likely N-dealkylation sites (tertiary alicyclic amines) is 1. The van der Waals surface area contributed by atoms with E-state index >= 15 is 0 Å². The first-order chi connectivity index (χ1) is 24.8. The van der Waals surface area contributed by atoms with Gasteiger partial charge in [-0.05, 0) is 95.3 Å². The number of rotatable bonds is 15. The molecule has 13 heteroatoms. The highest BCUT2D eigenvalue weighted by molar-refractivity contribution is 7.92. The fraction of sp³-hybridized carbons (Fsp3) is 0.825. The molecule has 300 valence electrons. The van der Waals surface area contributed by atoms with E-state index in [0.29, 0.717) is 57.9 Å². The summed E-state index contributed by atoms with van der Waals surface area (Å²) < 4.78 is 25.9. The molecule has 1 aliphatic heterocycles. The fourth-order valence-corrected chi connectivity index (χ4v) is 10.5. The maximum absolute atomic E-state index is 15.0. The predicted molar refractivity (Wildman–Crippen MR) is 207 cm³/mol. The number of nitrogens with one attached hydrogen (secondary N) is 4. The van der Waals surface area contributed by atoms with Crippen LogP contribution in [0.3, 0.4) is 0 Å². The van der Waals surface area contributed by atoms with Gasteiger partial charge in [0.1, 0.15) is 18.1 Å². The SMILES string of the molecule is C=CCNC(=O)C(=O)[C@@H](NC(=O)[C@@H]1[C@@H](CC(C)C)CCN1C(=O)[C@@H](NC(=O)NC1(CS(=O)(=O)C(C)(C)C)CCCCC1)C1(C)CCCCC1)C1CCC1. The van der Waals surface area contributed by atoms with Gasteiger partial charge in [0.25, 0.3) is 5.91 Å². The van der Waals surface area contributed by atoms with Crippen molar-refractivity contribution in [3.8, 4) is 0 Å². The summed E-state index contributed by atoms with van der Waals surface area (Å²) in [5.41, 5.74) is -1.54. The molecule has 0 radical (unpaired) electrons. The highest BCUT2D eigenvalue weighted by Gasteiger charge is 2.51. The predicted octanol–water partition coefficient (Wildman–Crippen LogP) is 4.96. The summed E-state index contributed by atoms with van der Waals surface area (Å²) >= 11 is 0. The normalized spacial score (nSPS) is 24.3. The number of carbonyl (C=O) groups excluding carboxylic acids is 5. The minimum atomic E-state index is -3.57. The molecule has 1 heterocycles. The second kappa shape index (κ2) is 17.7. The molecule has 3 saturated carbocycles. The molecule has 0 aromatic rings. The number of sulfone groups is 1. The van der Waals surface area contributed by atoms with E-state index in [1.807, 2.05) is 6.92 Å². The third-order valence-electron chi connectivity index (χ3n) is 12.5. The highest BCUT2D eigenvalue weighted by Crippen LogP contribution is 2.42. The van der Waals surface area contributed by atoms with Crippen LogP contribution in [0.15, 0.2) is 12.7 Å². The standard InChI is InChI=1S/C40H67N5O7S/c1-8-23-41-35(48)32(46)30(28-16-15-17-28)42-34(47)31-29(25-27(2)3)18-24-45(31)36(49)33(39(7)19-11-9-12-20-39)43-37(50)44-40(21-13-10-14-22-40)26-53(51,52)38(4,5)6/h8,27-31,33H,1,9-26H2,2-7H3,(H,41,48)(H,42,47)(H2,43,44,50)/t29-,30+,31+,33-/m1/s1. The van der Waals surface area contributed by atoms with Crippen molar-refractivity contribution < 1.29 is 32.4 Å².